The van der Waals surface area contributed by atoms with E-state index in [4.69, 9.17) is 6.42 Å². The average Bonchev–Trinajstić information content (AvgIpc) is 2.05. The molecule has 0 spiro atoms. The number of rotatable bonds is 1. The lowest BCUT2D eigenvalue weighted by atomic mass is 10.3. The Bertz CT molecular complexity index is 260. The lowest BCUT2D eigenvalue weighted by Crippen LogP contribution is -1.92. The van der Waals surface area contributed by atoms with E-state index < -0.39 is 0 Å². The molecule has 0 bridgehead atoms. The van der Waals surface area contributed by atoms with Crippen molar-refractivity contribution in [2.75, 3.05) is 0 Å². The molecule has 1 heterocycles. The molecule has 0 aliphatic carbocycles. The van der Waals surface area contributed by atoms with E-state index in [0.29, 0.717) is 5.82 Å². The minimum absolute atomic E-state index is 0.472. The fraction of sp³-hybridized carbons (Fsp3) is 0.250. The third kappa shape index (κ3) is 1.32. The van der Waals surface area contributed by atoms with Crippen molar-refractivity contribution in [2.45, 2.75) is 13.3 Å². The Hall–Kier alpha value is -1.36. The Morgan fingerprint density at radius 2 is 2.50 bits per heavy atom. The molecule has 0 fully saturated rings. The maximum Gasteiger partial charge on any atom is 0.204 e. The quantitative estimate of drug-likeness (QED) is 0.533. The second-order valence-electron chi connectivity index (χ2n) is 1.87. The van der Waals surface area contributed by atoms with Gasteiger partial charge in [0.15, 0.2) is 0 Å². The molecular weight excluding hydrogens is 124 g/mol. The highest BCUT2D eigenvalue weighted by Gasteiger charge is 1.91. The molecule has 0 saturated carbocycles. The van der Waals surface area contributed by atoms with Crippen LogP contribution in [-0.4, -0.2) is 9.97 Å². The highest BCUT2D eigenvalue weighted by atomic mass is 14.9. The van der Waals surface area contributed by atoms with Crippen LogP contribution in [0.1, 0.15) is 18.4 Å². The highest BCUT2D eigenvalue weighted by molar-refractivity contribution is 5.16. The van der Waals surface area contributed by atoms with Gasteiger partial charge in [-0.05, 0) is 18.4 Å². The smallest absolute Gasteiger partial charge is 0.204 e. The van der Waals surface area contributed by atoms with E-state index in [1.807, 2.05) is 13.0 Å². The van der Waals surface area contributed by atoms with Crippen LogP contribution in [-0.2, 0) is 6.42 Å². The normalized spacial score (nSPS) is 8.80. The minimum atomic E-state index is 0.472. The molecule has 1 aromatic rings. The van der Waals surface area contributed by atoms with Crippen molar-refractivity contribution in [3.8, 4) is 12.3 Å². The molecule has 0 aliphatic rings. The lowest BCUT2D eigenvalue weighted by Gasteiger charge is -1.93. The van der Waals surface area contributed by atoms with Crippen LogP contribution in [0.3, 0.4) is 0 Å². The van der Waals surface area contributed by atoms with Crippen LogP contribution in [0.15, 0.2) is 12.3 Å². The number of nitrogens with zero attached hydrogens (tertiary/aromatic N) is 2. The summed E-state index contributed by atoms with van der Waals surface area (Å²) in [6.45, 7) is 2.03. The third-order valence-corrected chi connectivity index (χ3v) is 1.20. The first-order valence-electron chi connectivity index (χ1n) is 3.15. The number of hydrogen-bond donors (Lipinski definition) is 0. The van der Waals surface area contributed by atoms with E-state index in [1.165, 1.54) is 0 Å². The van der Waals surface area contributed by atoms with E-state index in [1.54, 1.807) is 6.20 Å². The van der Waals surface area contributed by atoms with Crippen LogP contribution in [0, 0.1) is 12.3 Å². The first-order valence-corrected chi connectivity index (χ1v) is 3.15. The standard InChI is InChI=1S/C8H8N2/c1-3-7-5-6-9-8(4-2)10-7/h2,5-6H,3H2,1H3. The summed E-state index contributed by atoms with van der Waals surface area (Å²) in [4.78, 5) is 7.92. The first kappa shape index (κ1) is 6.76. The van der Waals surface area contributed by atoms with Gasteiger partial charge < -0.3 is 0 Å². The molecule has 10 heavy (non-hydrogen) atoms. The number of terminal acetylenes is 1. The molecule has 0 radical (unpaired) electrons. The monoisotopic (exact) mass is 132 g/mol. The van der Waals surface area contributed by atoms with Crippen LogP contribution in [0.2, 0.25) is 0 Å². The number of aromatic nitrogens is 2. The molecule has 0 unspecified atom stereocenters. The maximum atomic E-state index is 5.10. The maximum absolute atomic E-state index is 5.10. The van der Waals surface area contributed by atoms with Crippen molar-refractivity contribution in [3.63, 3.8) is 0 Å². The van der Waals surface area contributed by atoms with Gasteiger partial charge in [-0.25, -0.2) is 9.97 Å². The van der Waals surface area contributed by atoms with Crippen molar-refractivity contribution in [1.29, 1.82) is 0 Å². The summed E-state index contributed by atoms with van der Waals surface area (Å²) in [5.41, 5.74) is 0.989. The molecule has 0 amide bonds. The minimum Gasteiger partial charge on any atom is -0.229 e. The van der Waals surface area contributed by atoms with Gasteiger partial charge in [-0.15, -0.1) is 6.42 Å². The van der Waals surface area contributed by atoms with E-state index in [0.717, 1.165) is 12.1 Å². The molecule has 1 aromatic heterocycles. The van der Waals surface area contributed by atoms with Crippen LogP contribution >= 0.6 is 0 Å². The SMILES string of the molecule is C#Cc1nccc(CC)n1. The van der Waals surface area contributed by atoms with Crippen molar-refractivity contribution in [1.82, 2.24) is 9.97 Å². The van der Waals surface area contributed by atoms with Gasteiger partial charge >= 0.3 is 0 Å². The topological polar surface area (TPSA) is 25.8 Å². The predicted molar refractivity (Wildman–Crippen MR) is 39.3 cm³/mol. The summed E-state index contributed by atoms with van der Waals surface area (Å²) in [6, 6.07) is 1.86. The predicted octanol–water partition coefficient (Wildman–Crippen LogP) is 1.02. The van der Waals surface area contributed by atoms with Gasteiger partial charge in [0.2, 0.25) is 5.82 Å². The van der Waals surface area contributed by atoms with Crippen molar-refractivity contribution in [2.24, 2.45) is 0 Å². The van der Waals surface area contributed by atoms with Crippen LogP contribution < -0.4 is 0 Å². The summed E-state index contributed by atoms with van der Waals surface area (Å²) < 4.78 is 0. The molecule has 0 saturated heterocycles. The fourth-order valence-corrected chi connectivity index (χ4v) is 0.663. The molecule has 1 rings (SSSR count). The summed E-state index contributed by atoms with van der Waals surface area (Å²) in [6.07, 6.45) is 7.68. The zero-order chi connectivity index (χ0) is 7.40. The molecule has 2 heteroatoms. The molecule has 0 aromatic carbocycles. The summed E-state index contributed by atoms with van der Waals surface area (Å²) in [5, 5.41) is 0. The largest absolute Gasteiger partial charge is 0.229 e. The Morgan fingerprint density at radius 3 is 3.10 bits per heavy atom. The molecule has 2 nitrogen and oxygen atoms in total. The average molecular weight is 132 g/mol. The van der Waals surface area contributed by atoms with Gasteiger partial charge in [-0.2, -0.15) is 0 Å². The summed E-state index contributed by atoms with van der Waals surface area (Å²) in [5.74, 6) is 2.85. The zero-order valence-corrected chi connectivity index (χ0v) is 5.83. The Balaban J connectivity index is 3.01. The number of aryl methyl sites for hydroxylation is 1. The lowest BCUT2D eigenvalue weighted by molar-refractivity contribution is 0.982. The van der Waals surface area contributed by atoms with Gasteiger partial charge in [-0.1, -0.05) is 6.92 Å². The molecule has 0 N–H and O–H groups in total. The van der Waals surface area contributed by atoms with Crippen molar-refractivity contribution in [3.05, 3.63) is 23.8 Å². The van der Waals surface area contributed by atoms with Gasteiger partial charge in [0.25, 0.3) is 0 Å². The molecular formula is C8H8N2. The van der Waals surface area contributed by atoms with Crippen LogP contribution in [0.4, 0.5) is 0 Å². The van der Waals surface area contributed by atoms with Crippen molar-refractivity contribution >= 4 is 0 Å². The first-order chi connectivity index (χ1) is 4.86. The Morgan fingerprint density at radius 1 is 1.70 bits per heavy atom. The van der Waals surface area contributed by atoms with Gasteiger partial charge in [-0.3, -0.25) is 0 Å². The summed E-state index contributed by atoms with van der Waals surface area (Å²) in [7, 11) is 0. The molecule has 0 atom stereocenters. The van der Waals surface area contributed by atoms with Crippen LogP contribution in [0.25, 0.3) is 0 Å². The van der Waals surface area contributed by atoms with Crippen molar-refractivity contribution < 1.29 is 0 Å². The van der Waals surface area contributed by atoms with Gasteiger partial charge in [0.1, 0.15) is 0 Å². The van der Waals surface area contributed by atoms with E-state index in [2.05, 4.69) is 15.9 Å². The van der Waals surface area contributed by atoms with E-state index in [-0.39, 0.29) is 0 Å². The van der Waals surface area contributed by atoms with Gasteiger partial charge in [0, 0.05) is 11.9 Å². The zero-order valence-electron chi connectivity index (χ0n) is 5.83. The van der Waals surface area contributed by atoms with E-state index in [9.17, 15) is 0 Å². The second kappa shape index (κ2) is 2.98. The Labute approximate surface area is 60.3 Å². The third-order valence-electron chi connectivity index (χ3n) is 1.20. The van der Waals surface area contributed by atoms with E-state index >= 15 is 0 Å². The Kier molecular flexibility index (Phi) is 2.01. The molecule has 0 aliphatic heterocycles. The highest BCUT2D eigenvalue weighted by Crippen LogP contribution is 1.93. The fourth-order valence-electron chi connectivity index (χ4n) is 0.663. The van der Waals surface area contributed by atoms with Gasteiger partial charge in [0.05, 0.1) is 0 Å². The molecule has 50 valence electrons. The van der Waals surface area contributed by atoms with Crippen LogP contribution in [0.5, 0.6) is 0 Å². The summed E-state index contributed by atoms with van der Waals surface area (Å²) >= 11 is 0. The second-order valence-corrected chi connectivity index (χ2v) is 1.87. The number of hydrogen-bond acceptors (Lipinski definition) is 2.